The summed E-state index contributed by atoms with van der Waals surface area (Å²) >= 11 is 6.27. The first kappa shape index (κ1) is 17.9. The highest BCUT2D eigenvalue weighted by Crippen LogP contribution is 2.37. The van der Waals surface area contributed by atoms with Crippen LogP contribution in [-0.2, 0) is 0 Å². The topological polar surface area (TPSA) is 42.0 Å². The van der Waals surface area contributed by atoms with E-state index in [2.05, 4.69) is 11.8 Å². The van der Waals surface area contributed by atoms with E-state index in [9.17, 15) is 4.79 Å². The van der Waals surface area contributed by atoms with E-state index < -0.39 is 0 Å². The van der Waals surface area contributed by atoms with Gasteiger partial charge in [-0.05, 0) is 39.1 Å². The molecule has 1 heterocycles. The van der Waals surface area contributed by atoms with Crippen LogP contribution in [0.3, 0.4) is 0 Å². The van der Waals surface area contributed by atoms with Gasteiger partial charge in [0.1, 0.15) is 0 Å². The van der Waals surface area contributed by atoms with Crippen LogP contribution in [0.4, 0.5) is 0 Å². The monoisotopic (exact) mass is 340 g/mol. The molecular formula is C17H25ClN2O3. The molecule has 2 rings (SSSR count). The van der Waals surface area contributed by atoms with Crippen LogP contribution in [0.2, 0.25) is 5.02 Å². The molecular weight excluding hydrogens is 316 g/mol. The van der Waals surface area contributed by atoms with Crippen molar-refractivity contribution in [2.24, 2.45) is 5.92 Å². The Morgan fingerprint density at radius 1 is 1.39 bits per heavy atom. The average Bonchev–Trinajstić information content (AvgIpc) is 2.90. The standard InChI is InChI=1S/C17H25ClN2O3/c1-6-23-16-13(18)7-12(8-15(16)22-5)17(21)20-9-11(2)14(10-20)19(3)4/h7-8,11,14H,6,9-10H2,1-5H3/t11-,14+/m1/s1. The molecule has 0 saturated carbocycles. The normalized spacial score (nSPS) is 20.9. The van der Waals surface area contributed by atoms with Crippen LogP contribution in [0.1, 0.15) is 24.2 Å². The molecule has 2 atom stereocenters. The van der Waals surface area contributed by atoms with Crippen LogP contribution < -0.4 is 9.47 Å². The van der Waals surface area contributed by atoms with Crippen molar-refractivity contribution in [3.05, 3.63) is 22.7 Å². The summed E-state index contributed by atoms with van der Waals surface area (Å²) in [5.74, 6) is 1.38. The van der Waals surface area contributed by atoms with Gasteiger partial charge in [0.05, 0.1) is 18.7 Å². The molecule has 1 aliphatic rings. The third-order valence-corrected chi connectivity index (χ3v) is 4.57. The van der Waals surface area contributed by atoms with Crippen molar-refractivity contribution in [2.75, 3.05) is 40.9 Å². The van der Waals surface area contributed by atoms with Crippen LogP contribution >= 0.6 is 11.6 Å². The third-order valence-electron chi connectivity index (χ3n) is 4.29. The predicted molar refractivity (Wildman–Crippen MR) is 91.7 cm³/mol. The number of likely N-dealkylation sites (tertiary alicyclic amines) is 1. The summed E-state index contributed by atoms with van der Waals surface area (Å²) in [7, 11) is 5.64. The fourth-order valence-corrected chi connectivity index (χ4v) is 3.36. The molecule has 6 heteroatoms. The summed E-state index contributed by atoms with van der Waals surface area (Å²) in [6.07, 6.45) is 0. The van der Waals surface area contributed by atoms with Gasteiger partial charge in [-0.15, -0.1) is 0 Å². The van der Waals surface area contributed by atoms with Gasteiger partial charge in [-0.2, -0.15) is 0 Å². The van der Waals surface area contributed by atoms with Crippen molar-refractivity contribution in [2.45, 2.75) is 19.9 Å². The maximum absolute atomic E-state index is 12.8. The number of carbonyl (C=O) groups is 1. The van der Waals surface area contributed by atoms with Gasteiger partial charge in [0.2, 0.25) is 0 Å². The minimum Gasteiger partial charge on any atom is -0.493 e. The Hall–Kier alpha value is -1.46. The van der Waals surface area contributed by atoms with E-state index >= 15 is 0 Å². The molecule has 128 valence electrons. The Balaban J connectivity index is 2.25. The molecule has 1 aromatic rings. The molecule has 0 aliphatic carbocycles. The van der Waals surface area contributed by atoms with E-state index in [1.807, 2.05) is 25.9 Å². The highest BCUT2D eigenvalue weighted by molar-refractivity contribution is 6.32. The lowest BCUT2D eigenvalue weighted by atomic mass is 10.1. The third kappa shape index (κ3) is 3.72. The lowest BCUT2D eigenvalue weighted by Crippen LogP contribution is -2.35. The van der Waals surface area contributed by atoms with E-state index in [1.165, 1.54) is 0 Å². The van der Waals surface area contributed by atoms with Crippen molar-refractivity contribution < 1.29 is 14.3 Å². The second-order valence-electron chi connectivity index (χ2n) is 6.14. The van der Waals surface area contributed by atoms with Crippen molar-refractivity contribution in [3.8, 4) is 11.5 Å². The Bertz CT molecular complexity index is 577. The first-order valence-electron chi connectivity index (χ1n) is 7.85. The van der Waals surface area contributed by atoms with Gasteiger partial charge in [-0.25, -0.2) is 0 Å². The predicted octanol–water partition coefficient (Wildman–Crippen LogP) is 2.77. The first-order chi connectivity index (χ1) is 10.9. The zero-order valence-corrected chi connectivity index (χ0v) is 15.2. The summed E-state index contributed by atoms with van der Waals surface area (Å²) in [6.45, 7) is 6.00. The average molecular weight is 341 g/mol. The van der Waals surface area contributed by atoms with E-state index in [-0.39, 0.29) is 5.91 Å². The Morgan fingerprint density at radius 2 is 2.09 bits per heavy atom. The smallest absolute Gasteiger partial charge is 0.254 e. The van der Waals surface area contributed by atoms with Crippen LogP contribution in [-0.4, -0.2) is 62.7 Å². The zero-order chi connectivity index (χ0) is 17.1. The van der Waals surface area contributed by atoms with E-state index in [1.54, 1.807) is 19.2 Å². The number of halogens is 1. The van der Waals surface area contributed by atoms with E-state index in [0.29, 0.717) is 40.7 Å². The number of methoxy groups -OCH3 is 1. The quantitative estimate of drug-likeness (QED) is 0.826. The van der Waals surface area contributed by atoms with Crippen molar-refractivity contribution in [1.29, 1.82) is 0 Å². The summed E-state index contributed by atoms with van der Waals surface area (Å²) in [5, 5.41) is 0.394. The number of benzene rings is 1. The number of rotatable bonds is 5. The second kappa shape index (κ2) is 7.41. The Morgan fingerprint density at radius 3 is 2.61 bits per heavy atom. The molecule has 5 nitrogen and oxygen atoms in total. The van der Waals surface area contributed by atoms with Crippen molar-refractivity contribution in [3.63, 3.8) is 0 Å². The molecule has 0 bridgehead atoms. The highest BCUT2D eigenvalue weighted by Gasteiger charge is 2.34. The molecule has 0 aromatic heterocycles. The SMILES string of the molecule is CCOc1c(Cl)cc(C(=O)N2C[C@@H](C)[C@@H](N(C)C)C2)cc1OC. The molecule has 1 aliphatic heterocycles. The fraction of sp³-hybridized carbons (Fsp3) is 0.588. The maximum Gasteiger partial charge on any atom is 0.254 e. The molecule has 1 fully saturated rings. The van der Waals surface area contributed by atoms with Crippen molar-refractivity contribution >= 4 is 17.5 Å². The minimum absolute atomic E-state index is 0.0237. The molecule has 0 N–H and O–H groups in total. The minimum atomic E-state index is -0.0237. The molecule has 0 unspecified atom stereocenters. The van der Waals surface area contributed by atoms with E-state index in [4.69, 9.17) is 21.1 Å². The molecule has 0 radical (unpaired) electrons. The Labute approximate surface area is 143 Å². The number of carbonyl (C=O) groups excluding carboxylic acids is 1. The summed E-state index contributed by atoms with van der Waals surface area (Å²) in [6, 6.07) is 3.73. The summed E-state index contributed by atoms with van der Waals surface area (Å²) in [4.78, 5) is 16.8. The van der Waals surface area contributed by atoms with Gasteiger partial charge < -0.3 is 19.3 Å². The lowest BCUT2D eigenvalue weighted by molar-refractivity contribution is 0.0781. The van der Waals surface area contributed by atoms with Crippen molar-refractivity contribution in [1.82, 2.24) is 9.80 Å². The van der Waals surface area contributed by atoms with Crippen LogP contribution in [0, 0.1) is 5.92 Å². The molecule has 23 heavy (non-hydrogen) atoms. The summed E-state index contributed by atoms with van der Waals surface area (Å²) in [5.41, 5.74) is 0.530. The number of hydrogen-bond donors (Lipinski definition) is 0. The Kier molecular flexibility index (Phi) is 5.76. The maximum atomic E-state index is 12.8. The van der Waals surface area contributed by atoms with Gasteiger partial charge in [0, 0.05) is 24.7 Å². The lowest BCUT2D eigenvalue weighted by Gasteiger charge is -2.22. The number of hydrogen-bond acceptors (Lipinski definition) is 4. The largest absolute Gasteiger partial charge is 0.493 e. The van der Waals surface area contributed by atoms with Gasteiger partial charge in [-0.3, -0.25) is 4.79 Å². The molecule has 1 amide bonds. The molecule has 1 aromatic carbocycles. The van der Waals surface area contributed by atoms with E-state index in [0.717, 1.165) is 13.1 Å². The number of ether oxygens (including phenoxy) is 2. The second-order valence-corrected chi connectivity index (χ2v) is 6.55. The number of nitrogens with zero attached hydrogens (tertiary/aromatic N) is 2. The molecule has 1 saturated heterocycles. The van der Waals surface area contributed by atoms with Gasteiger partial charge >= 0.3 is 0 Å². The van der Waals surface area contributed by atoms with Crippen LogP contribution in [0.5, 0.6) is 11.5 Å². The zero-order valence-electron chi connectivity index (χ0n) is 14.4. The fourth-order valence-electron chi connectivity index (χ4n) is 3.10. The van der Waals surface area contributed by atoms with Crippen LogP contribution in [0.15, 0.2) is 12.1 Å². The van der Waals surface area contributed by atoms with Gasteiger partial charge in [0.25, 0.3) is 5.91 Å². The number of amides is 1. The van der Waals surface area contributed by atoms with Gasteiger partial charge in [-0.1, -0.05) is 18.5 Å². The summed E-state index contributed by atoms with van der Waals surface area (Å²) < 4.78 is 10.8. The number of likely N-dealkylation sites (N-methyl/N-ethyl adjacent to an activating group) is 1. The molecule has 0 spiro atoms. The van der Waals surface area contributed by atoms with Gasteiger partial charge in [0.15, 0.2) is 11.5 Å². The van der Waals surface area contributed by atoms with Crippen LogP contribution in [0.25, 0.3) is 0 Å². The first-order valence-corrected chi connectivity index (χ1v) is 8.22. The highest BCUT2D eigenvalue weighted by atomic mass is 35.5.